The summed E-state index contributed by atoms with van der Waals surface area (Å²) in [5.41, 5.74) is 9.84. The van der Waals surface area contributed by atoms with Gasteiger partial charge in [-0.15, -0.1) is 0 Å². The fourth-order valence-corrected chi connectivity index (χ4v) is 3.79. The van der Waals surface area contributed by atoms with Crippen molar-refractivity contribution in [2.75, 3.05) is 6.54 Å². The van der Waals surface area contributed by atoms with E-state index in [2.05, 4.69) is 94.3 Å². The molecule has 0 aliphatic carbocycles. The largest absolute Gasteiger partial charge is 0.361 e. The van der Waals surface area contributed by atoms with Crippen LogP contribution < -0.4 is 0 Å². The molecule has 1 aliphatic rings. The maximum absolute atomic E-state index is 4.48. The van der Waals surface area contributed by atoms with Crippen LogP contribution >= 0.6 is 0 Å². The maximum atomic E-state index is 4.48. The van der Waals surface area contributed by atoms with Crippen molar-refractivity contribution >= 4 is 5.57 Å². The van der Waals surface area contributed by atoms with Crippen LogP contribution in [0.1, 0.15) is 48.6 Å². The Morgan fingerprint density at radius 2 is 1.46 bits per heavy atom. The molecule has 0 amide bonds. The minimum absolute atomic E-state index is 0.192. The summed E-state index contributed by atoms with van der Waals surface area (Å²) in [5.74, 6) is 0. The van der Waals surface area contributed by atoms with Crippen molar-refractivity contribution in [3.63, 3.8) is 0 Å². The molecule has 3 rings (SSSR count). The van der Waals surface area contributed by atoms with Gasteiger partial charge >= 0.3 is 0 Å². The first-order valence-corrected chi connectivity index (χ1v) is 9.43. The Kier molecular flexibility index (Phi) is 5.18. The molecule has 1 nitrogen and oxygen atoms in total. The van der Waals surface area contributed by atoms with Crippen LogP contribution in [-0.2, 0) is 0 Å². The first-order chi connectivity index (χ1) is 12.4. The van der Waals surface area contributed by atoms with E-state index in [4.69, 9.17) is 0 Å². The lowest BCUT2D eigenvalue weighted by molar-refractivity contribution is 0.317. The van der Waals surface area contributed by atoms with Gasteiger partial charge in [-0.2, -0.15) is 0 Å². The van der Waals surface area contributed by atoms with Crippen molar-refractivity contribution in [3.8, 4) is 0 Å². The molecule has 1 aliphatic heterocycles. The van der Waals surface area contributed by atoms with Crippen molar-refractivity contribution < 1.29 is 0 Å². The topological polar surface area (TPSA) is 3.24 Å². The van der Waals surface area contributed by atoms with Crippen molar-refractivity contribution in [2.45, 2.75) is 40.2 Å². The Balaban J connectivity index is 2.09. The van der Waals surface area contributed by atoms with E-state index in [1.165, 1.54) is 33.4 Å². The van der Waals surface area contributed by atoms with E-state index in [9.17, 15) is 0 Å². The molecule has 1 heterocycles. The van der Waals surface area contributed by atoms with Crippen LogP contribution in [0.4, 0.5) is 0 Å². The van der Waals surface area contributed by atoms with E-state index in [1.807, 2.05) is 0 Å². The van der Waals surface area contributed by atoms with Crippen molar-refractivity contribution in [1.82, 2.24) is 4.90 Å². The van der Waals surface area contributed by atoms with E-state index in [-0.39, 0.29) is 6.04 Å². The van der Waals surface area contributed by atoms with Crippen LogP contribution in [0.2, 0.25) is 0 Å². The number of benzene rings is 2. The zero-order chi connectivity index (χ0) is 18.8. The SMILES string of the molecule is C=C(C1=C(C)C(=C)N(CCC)C1c1ccc(C)cc1)c1ccc(C)cc1. The van der Waals surface area contributed by atoms with Gasteiger partial charge in [0, 0.05) is 12.2 Å². The number of hydrogen-bond donors (Lipinski definition) is 0. The first kappa shape index (κ1) is 18.3. The van der Waals surface area contributed by atoms with E-state index >= 15 is 0 Å². The van der Waals surface area contributed by atoms with Gasteiger partial charge in [0.05, 0.1) is 6.04 Å². The number of nitrogens with zero attached hydrogens (tertiary/aromatic N) is 1. The molecule has 1 unspecified atom stereocenters. The summed E-state index contributed by atoms with van der Waals surface area (Å²) in [6.07, 6.45) is 1.10. The Morgan fingerprint density at radius 3 is 2.00 bits per heavy atom. The van der Waals surface area contributed by atoms with Crippen LogP contribution in [-0.4, -0.2) is 11.4 Å². The van der Waals surface area contributed by atoms with Gasteiger partial charge in [-0.25, -0.2) is 0 Å². The van der Waals surface area contributed by atoms with E-state index in [0.29, 0.717) is 0 Å². The highest BCUT2D eigenvalue weighted by atomic mass is 15.2. The van der Waals surface area contributed by atoms with Gasteiger partial charge in [-0.1, -0.05) is 79.7 Å². The van der Waals surface area contributed by atoms with Gasteiger partial charge in [0.25, 0.3) is 0 Å². The Bertz CT molecular complexity index is 850. The third kappa shape index (κ3) is 3.26. The quantitative estimate of drug-likeness (QED) is 0.590. The summed E-state index contributed by atoms with van der Waals surface area (Å²) in [6, 6.07) is 17.7. The Morgan fingerprint density at radius 1 is 0.923 bits per heavy atom. The molecule has 0 saturated heterocycles. The number of hydrogen-bond acceptors (Lipinski definition) is 1. The third-order valence-corrected chi connectivity index (χ3v) is 5.35. The van der Waals surface area contributed by atoms with Gasteiger partial charge in [0.2, 0.25) is 0 Å². The molecule has 0 aromatic heterocycles. The molecule has 0 spiro atoms. The van der Waals surface area contributed by atoms with Crippen molar-refractivity contribution in [3.05, 3.63) is 101 Å². The fourth-order valence-electron chi connectivity index (χ4n) is 3.79. The molecule has 0 bridgehead atoms. The maximum Gasteiger partial charge on any atom is 0.0804 e. The molecule has 26 heavy (non-hydrogen) atoms. The molecule has 0 N–H and O–H groups in total. The number of rotatable bonds is 5. The summed E-state index contributed by atoms with van der Waals surface area (Å²) >= 11 is 0. The molecule has 1 heteroatoms. The Labute approximate surface area is 158 Å². The van der Waals surface area contributed by atoms with E-state index in [1.54, 1.807) is 0 Å². The van der Waals surface area contributed by atoms with Crippen LogP contribution in [0, 0.1) is 13.8 Å². The lowest BCUT2D eigenvalue weighted by atomic mass is 9.88. The van der Waals surface area contributed by atoms with Gasteiger partial charge in [-0.3, -0.25) is 0 Å². The van der Waals surface area contributed by atoms with Crippen LogP contribution in [0.3, 0.4) is 0 Å². The second-order valence-electron chi connectivity index (χ2n) is 7.34. The zero-order valence-electron chi connectivity index (χ0n) is 16.5. The monoisotopic (exact) mass is 343 g/mol. The van der Waals surface area contributed by atoms with E-state index in [0.717, 1.165) is 24.2 Å². The lowest BCUT2D eigenvalue weighted by Gasteiger charge is -2.30. The first-order valence-electron chi connectivity index (χ1n) is 9.43. The highest BCUT2D eigenvalue weighted by Gasteiger charge is 2.35. The van der Waals surface area contributed by atoms with E-state index < -0.39 is 0 Å². The molecular weight excluding hydrogens is 314 g/mol. The lowest BCUT2D eigenvalue weighted by Crippen LogP contribution is -2.25. The Hall–Kier alpha value is -2.54. The summed E-state index contributed by atoms with van der Waals surface area (Å²) < 4.78 is 0. The van der Waals surface area contributed by atoms with Crippen LogP contribution in [0.5, 0.6) is 0 Å². The minimum Gasteiger partial charge on any atom is -0.361 e. The molecule has 1 atom stereocenters. The highest BCUT2D eigenvalue weighted by Crippen LogP contribution is 2.47. The standard InChI is InChI=1S/C25H29N/c1-7-16-26-21(6)19(4)24(20(5)22-12-8-17(2)9-13-22)25(26)23-14-10-18(3)11-15-23/h8-15,25H,5-7,16H2,1-4H3. The van der Waals surface area contributed by atoms with Gasteiger partial charge in [0.15, 0.2) is 0 Å². The molecule has 134 valence electrons. The average molecular weight is 344 g/mol. The molecule has 2 aromatic carbocycles. The summed E-state index contributed by atoms with van der Waals surface area (Å²) in [6.45, 7) is 18.5. The summed E-state index contributed by atoms with van der Waals surface area (Å²) in [7, 11) is 0. The third-order valence-electron chi connectivity index (χ3n) is 5.35. The minimum atomic E-state index is 0.192. The smallest absolute Gasteiger partial charge is 0.0804 e. The predicted molar refractivity (Wildman–Crippen MR) is 113 cm³/mol. The average Bonchev–Trinajstić information content (AvgIpc) is 2.88. The molecular formula is C25H29N. The van der Waals surface area contributed by atoms with Crippen molar-refractivity contribution in [1.29, 1.82) is 0 Å². The number of aryl methyl sites for hydroxylation is 2. The summed E-state index contributed by atoms with van der Waals surface area (Å²) in [5, 5.41) is 0. The fraction of sp³-hybridized carbons (Fsp3) is 0.280. The molecule has 2 aromatic rings. The molecule has 0 saturated carbocycles. The zero-order valence-corrected chi connectivity index (χ0v) is 16.5. The number of allylic oxidation sites excluding steroid dienone is 1. The summed E-state index contributed by atoms with van der Waals surface area (Å²) in [4.78, 5) is 2.44. The van der Waals surface area contributed by atoms with Gasteiger partial charge < -0.3 is 4.90 Å². The highest BCUT2D eigenvalue weighted by molar-refractivity contribution is 5.82. The molecule has 0 radical (unpaired) electrons. The second kappa shape index (κ2) is 7.37. The van der Waals surface area contributed by atoms with Crippen LogP contribution in [0.25, 0.3) is 5.57 Å². The second-order valence-corrected chi connectivity index (χ2v) is 7.34. The van der Waals surface area contributed by atoms with Crippen LogP contribution in [0.15, 0.2) is 78.5 Å². The van der Waals surface area contributed by atoms with Gasteiger partial charge in [0.1, 0.15) is 0 Å². The van der Waals surface area contributed by atoms with Gasteiger partial charge in [-0.05, 0) is 55.0 Å². The normalized spacial score (nSPS) is 17.2. The predicted octanol–water partition coefficient (Wildman–Crippen LogP) is 6.61. The van der Waals surface area contributed by atoms with Crippen molar-refractivity contribution in [2.24, 2.45) is 0 Å². The molecule has 0 fully saturated rings.